The molecular weight excluding hydrogens is 283 g/mol. The van der Waals surface area contributed by atoms with Gasteiger partial charge < -0.3 is 0 Å². The quantitative estimate of drug-likeness (QED) is 0.641. The SMILES string of the molecule is CC1CC(C)CC(C(NN)c2cc3ccc(F)cc3s2)C1. The summed E-state index contributed by atoms with van der Waals surface area (Å²) < 4.78 is 14.4. The van der Waals surface area contributed by atoms with Crippen molar-refractivity contribution in [3.05, 3.63) is 35.0 Å². The summed E-state index contributed by atoms with van der Waals surface area (Å²) in [5.74, 6) is 7.75. The van der Waals surface area contributed by atoms with Gasteiger partial charge in [-0.1, -0.05) is 19.9 Å². The van der Waals surface area contributed by atoms with Crippen LogP contribution in [0.5, 0.6) is 0 Å². The third-order valence-electron chi connectivity index (χ3n) is 4.67. The maximum atomic E-state index is 13.4. The van der Waals surface area contributed by atoms with Gasteiger partial charge in [0.15, 0.2) is 0 Å². The molecule has 1 fully saturated rings. The summed E-state index contributed by atoms with van der Waals surface area (Å²) in [5, 5.41) is 1.11. The molecule has 3 N–H and O–H groups in total. The van der Waals surface area contributed by atoms with Gasteiger partial charge in [0, 0.05) is 9.58 Å². The Morgan fingerprint density at radius 3 is 2.57 bits per heavy atom. The highest BCUT2D eigenvalue weighted by Crippen LogP contribution is 2.42. The first-order chi connectivity index (χ1) is 10.1. The maximum absolute atomic E-state index is 13.4. The number of fused-ring (bicyclic) bond motifs is 1. The number of hydrogen-bond donors (Lipinski definition) is 2. The fourth-order valence-corrected chi connectivity index (χ4v) is 5.15. The topological polar surface area (TPSA) is 38.0 Å². The molecule has 0 bridgehead atoms. The van der Waals surface area contributed by atoms with Crippen LogP contribution in [0.2, 0.25) is 0 Å². The van der Waals surface area contributed by atoms with Gasteiger partial charge in [-0.05, 0) is 60.6 Å². The number of benzene rings is 1. The number of halogens is 1. The van der Waals surface area contributed by atoms with Crippen molar-refractivity contribution in [2.45, 2.75) is 39.2 Å². The number of nitrogens with two attached hydrogens (primary N) is 1. The van der Waals surface area contributed by atoms with Gasteiger partial charge in [0.1, 0.15) is 5.82 Å². The average Bonchev–Trinajstić information content (AvgIpc) is 2.81. The average molecular weight is 306 g/mol. The van der Waals surface area contributed by atoms with Crippen LogP contribution in [0.4, 0.5) is 4.39 Å². The molecular formula is C17H23FN2S. The molecule has 0 radical (unpaired) electrons. The first-order valence-electron chi connectivity index (χ1n) is 7.72. The molecule has 1 aromatic carbocycles. The molecule has 0 aliphatic heterocycles. The van der Waals surface area contributed by atoms with Crippen molar-refractivity contribution < 1.29 is 4.39 Å². The summed E-state index contributed by atoms with van der Waals surface area (Å²) in [5.41, 5.74) is 3.02. The molecule has 0 amide bonds. The van der Waals surface area contributed by atoms with E-state index in [0.717, 1.165) is 21.9 Å². The number of thiophene rings is 1. The summed E-state index contributed by atoms with van der Waals surface area (Å²) in [6.45, 7) is 4.66. The Morgan fingerprint density at radius 2 is 1.90 bits per heavy atom. The summed E-state index contributed by atoms with van der Waals surface area (Å²) in [7, 11) is 0. The zero-order valence-corrected chi connectivity index (χ0v) is 13.4. The Hall–Kier alpha value is -0.970. The van der Waals surface area contributed by atoms with E-state index in [9.17, 15) is 4.39 Å². The van der Waals surface area contributed by atoms with Gasteiger partial charge in [0.25, 0.3) is 0 Å². The fraction of sp³-hybridized carbons (Fsp3) is 0.529. The van der Waals surface area contributed by atoms with E-state index >= 15 is 0 Å². The first kappa shape index (κ1) is 14.9. The molecule has 21 heavy (non-hydrogen) atoms. The van der Waals surface area contributed by atoms with Crippen LogP contribution in [-0.4, -0.2) is 0 Å². The van der Waals surface area contributed by atoms with Gasteiger partial charge in [0.2, 0.25) is 0 Å². The van der Waals surface area contributed by atoms with Crippen LogP contribution in [-0.2, 0) is 0 Å². The predicted molar refractivity (Wildman–Crippen MR) is 87.5 cm³/mol. The lowest BCUT2D eigenvalue weighted by Crippen LogP contribution is -2.36. The minimum absolute atomic E-state index is 0.173. The van der Waals surface area contributed by atoms with Crippen LogP contribution in [0.15, 0.2) is 24.3 Å². The molecule has 3 atom stereocenters. The summed E-state index contributed by atoms with van der Waals surface area (Å²) in [6, 6.07) is 7.33. The van der Waals surface area contributed by atoms with E-state index in [0.29, 0.717) is 5.92 Å². The van der Waals surface area contributed by atoms with Gasteiger partial charge in [-0.3, -0.25) is 11.3 Å². The zero-order chi connectivity index (χ0) is 15.0. The summed E-state index contributed by atoms with van der Waals surface area (Å²) >= 11 is 1.66. The largest absolute Gasteiger partial charge is 0.271 e. The Kier molecular flexibility index (Phi) is 4.29. The third kappa shape index (κ3) is 3.12. The van der Waals surface area contributed by atoms with E-state index in [1.54, 1.807) is 17.4 Å². The highest BCUT2D eigenvalue weighted by Gasteiger charge is 2.31. The Balaban J connectivity index is 1.90. The molecule has 1 aromatic heterocycles. The second-order valence-corrected chi connectivity index (χ2v) is 7.77. The monoisotopic (exact) mass is 306 g/mol. The molecule has 2 nitrogen and oxygen atoms in total. The molecule has 3 unspecified atom stereocenters. The van der Waals surface area contributed by atoms with Crippen LogP contribution in [0.25, 0.3) is 10.1 Å². The molecule has 3 rings (SSSR count). The van der Waals surface area contributed by atoms with E-state index in [1.807, 2.05) is 6.07 Å². The highest BCUT2D eigenvalue weighted by atomic mass is 32.1. The smallest absolute Gasteiger partial charge is 0.124 e. The van der Waals surface area contributed by atoms with Crippen LogP contribution in [0.1, 0.15) is 44.0 Å². The lowest BCUT2D eigenvalue weighted by Gasteiger charge is -2.35. The molecule has 1 heterocycles. The van der Waals surface area contributed by atoms with Gasteiger partial charge in [0.05, 0.1) is 6.04 Å². The molecule has 1 aliphatic carbocycles. The lowest BCUT2D eigenvalue weighted by molar-refractivity contribution is 0.178. The minimum Gasteiger partial charge on any atom is -0.271 e. The van der Waals surface area contributed by atoms with Gasteiger partial charge in [-0.25, -0.2) is 4.39 Å². The molecule has 114 valence electrons. The van der Waals surface area contributed by atoms with E-state index in [2.05, 4.69) is 25.3 Å². The fourth-order valence-electron chi connectivity index (χ4n) is 3.91. The lowest BCUT2D eigenvalue weighted by atomic mass is 9.73. The van der Waals surface area contributed by atoms with E-state index < -0.39 is 0 Å². The van der Waals surface area contributed by atoms with E-state index in [-0.39, 0.29) is 11.9 Å². The van der Waals surface area contributed by atoms with Gasteiger partial charge in [-0.15, -0.1) is 11.3 Å². The van der Waals surface area contributed by atoms with Crippen molar-refractivity contribution in [1.29, 1.82) is 0 Å². The molecule has 0 spiro atoms. The predicted octanol–water partition coefficient (Wildman–Crippen LogP) is 4.62. The van der Waals surface area contributed by atoms with Crippen molar-refractivity contribution >= 4 is 21.4 Å². The second kappa shape index (κ2) is 6.03. The van der Waals surface area contributed by atoms with Crippen LogP contribution >= 0.6 is 11.3 Å². The van der Waals surface area contributed by atoms with Crippen molar-refractivity contribution in [3.63, 3.8) is 0 Å². The van der Waals surface area contributed by atoms with Crippen LogP contribution < -0.4 is 11.3 Å². The van der Waals surface area contributed by atoms with Crippen molar-refractivity contribution in [2.24, 2.45) is 23.6 Å². The van der Waals surface area contributed by atoms with Crippen LogP contribution in [0.3, 0.4) is 0 Å². The van der Waals surface area contributed by atoms with Gasteiger partial charge >= 0.3 is 0 Å². The summed E-state index contributed by atoms with van der Waals surface area (Å²) in [4.78, 5) is 1.23. The highest BCUT2D eigenvalue weighted by molar-refractivity contribution is 7.19. The van der Waals surface area contributed by atoms with Crippen molar-refractivity contribution in [1.82, 2.24) is 5.43 Å². The van der Waals surface area contributed by atoms with Crippen molar-refractivity contribution in [3.8, 4) is 0 Å². The first-order valence-corrected chi connectivity index (χ1v) is 8.53. The molecule has 1 saturated carbocycles. The number of nitrogens with one attached hydrogen (secondary N) is 1. The number of hydrogen-bond acceptors (Lipinski definition) is 3. The Morgan fingerprint density at radius 1 is 1.19 bits per heavy atom. The summed E-state index contributed by atoms with van der Waals surface area (Å²) in [6.07, 6.45) is 3.73. The van der Waals surface area contributed by atoms with E-state index in [4.69, 9.17) is 5.84 Å². The molecule has 0 saturated heterocycles. The minimum atomic E-state index is -0.173. The normalized spacial score (nSPS) is 27.9. The third-order valence-corrected chi connectivity index (χ3v) is 5.85. The number of rotatable bonds is 3. The molecule has 1 aliphatic rings. The van der Waals surface area contributed by atoms with Crippen LogP contribution in [0, 0.1) is 23.6 Å². The molecule has 2 aromatic rings. The molecule has 4 heteroatoms. The van der Waals surface area contributed by atoms with Crippen molar-refractivity contribution in [2.75, 3.05) is 0 Å². The maximum Gasteiger partial charge on any atom is 0.124 e. The Labute approximate surface area is 129 Å². The van der Waals surface area contributed by atoms with Gasteiger partial charge in [-0.2, -0.15) is 0 Å². The second-order valence-electron chi connectivity index (χ2n) is 6.65. The van der Waals surface area contributed by atoms with E-state index in [1.165, 1.54) is 30.2 Å². The Bertz CT molecular complexity index is 614. The standard InChI is InChI=1S/C17H23FN2S/c1-10-5-11(2)7-13(6-10)17(20-19)16-8-12-3-4-14(18)9-15(12)21-16/h3-4,8-11,13,17,20H,5-7,19H2,1-2H3. The zero-order valence-electron chi connectivity index (χ0n) is 12.6. The number of hydrazine groups is 1.